The van der Waals surface area contributed by atoms with E-state index in [0.29, 0.717) is 35.5 Å². The van der Waals surface area contributed by atoms with Gasteiger partial charge in [-0.25, -0.2) is 13.8 Å². The third kappa shape index (κ3) is 4.11. The van der Waals surface area contributed by atoms with Crippen LogP contribution in [0.3, 0.4) is 0 Å². The first-order valence-electron chi connectivity index (χ1n) is 9.47. The Balaban J connectivity index is 1.60. The van der Waals surface area contributed by atoms with Crippen LogP contribution in [-0.2, 0) is 12.6 Å². The predicted molar refractivity (Wildman–Crippen MR) is 98.1 cm³/mol. The van der Waals surface area contributed by atoms with Crippen molar-refractivity contribution < 1.29 is 26.7 Å². The van der Waals surface area contributed by atoms with Crippen LogP contribution >= 0.6 is 0 Å². The average Bonchev–Trinajstić information content (AvgIpc) is 3.06. The molecule has 1 aliphatic carbocycles. The summed E-state index contributed by atoms with van der Waals surface area (Å²) in [4.78, 5) is 17.1. The van der Waals surface area contributed by atoms with Crippen LogP contribution in [0.5, 0.6) is 0 Å². The van der Waals surface area contributed by atoms with Crippen LogP contribution < -0.4 is 0 Å². The molecule has 1 fully saturated rings. The van der Waals surface area contributed by atoms with Crippen molar-refractivity contribution in [3.63, 3.8) is 0 Å². The maximum atomic E-state index is 13.5. The van der Waals surface area contributed by atoms with Crippen LogP contribution in [0, 0.1) is 0 Å². The summed E-state index contributed by atoms with van der Waals surface area (Å²) in [6.45, 7) is 0. The molecule has 1 aromatic heterocycles. The van der Waals surface area contributed by atoms with Gasteiger partial charge < -0.3 is 4.57 Å². The molecular formula is C21H19F5N2O. The van der Waals surface area contributed by atoms with Crippen molar-refractivity contribution in [1.82, 2.24) is 4.57 Å². The van der Waals surface area contributed by atoms with Crippen LogP contribution in [0.4, 0.5) is 27.8 Å². The van der Waals surface area contributed by atoms with E-state index >= 15 is 0 Å². The highest BCUT2D eigenvalue weighted by Gasteiger charge is 2.37. The molecule has 2 heterocycles. The molecule has 1 aliphatic heterocycles. The summed E-state index contributed by atoms with van der Waals surface area (Å²) < 4.78 is 67.5. The van der Waals surface area contributed by atoms with Crippen molar-refractivity contribution in [1.29, 1.82) is 0 Å². The lowest BCUT2D eigenvalue weighted by molar-refractivity contribution is -0.137. The van der Waals surface area contributed by atoms with Crippen molar-refractivity contribution >= 4 is 17.3 Å². The van der Waals surface area contributed by atoms with E-state index in [1.54, 1.807) is 22.9 Å². The summed E-state index contributed by atoms with van der Waals surface area (Å²) in [6.07, 6.45) is -2.40. The van der Waals surface area contributed by atoms with E-state index in [9.17, 15) is 26.7 Å². The van der Waals surface area contributed by atoms with Gasteiger partial charge in [-0.15, -0.1) is 0 Å². The first kappa shape index (κ1) is 19.8. The molecular weight excluding hydrogens is 391 g/mol. The summed E-state index contributed by atoms with van der Waals surface area (Å²) >= 11 is 0. The van der Waals surface area contributed by atoms with Crippen LogP contribution in [0.2, 0.25) is 0 Å². The normalized spacial score (nSPS) is 19.8. The van der Waals surface area contributed by atoms with E-state index in [1.165, 1.54) is 6.07 Å². The Morgan fingerprint density at radius 1 is 1.14 bits per heavy atom. The number of carbonyl (C=O) groups is 1. The largest absolute Gasteiger partial charge is 0.416 e. The summed E-state index contributed by atoms with van der Waals surface area (Å²) in [5, 5.41) is 0. The van der Waals surface area contributed by atoms with Crippen LogP contribution in [0.1, 0.15) is 59.6 Å². The number of fused-ring (bicyclic) bond motifs is 1. The molecule has 0 spiro atoms. The Morgan fingerprint density at radius 2 is 1.86 bits per heavy atom. The number of Topliss-reactive ketones (excluding diaryl/α,β-unsaturated/α-hetero) is 1. The van der Waals surface area contributed by atoms with Crippen LogP contribution in [0.15, 0.2) is 41.5 Å². The molecule has 1 saturated carbocycles. The molecule has 0 saturated heterocycles. The summed E-state index contributed by atoms with van der Waals surface area (Å²) in [6, 6.07) is 6.45. The summed E-state index contributed by atoms with van der Waals surface area (Å²) in [5.41, 5.74) is 0.591. The third-order valence-corrected chi connectivity index (χ3v) is 5.56. The van der Waals surface area contributed by atoms with Gasteiger partial charge in [0.05, 0.1) is 17.5 Å². The highest BCUT2D eigenvalue weighted by atomic mass is 19.4. The molecule has 0 radical (unpaired) electrons. The van der Waals surface area contributed by atoms with Gasteiger partial charge in [-0.2, -0.15) is 13.2 Å². The van der Waals surface area contributed by atoms with Crippen LogP contribution in [0.25, 0.3) is 0 Å². The van der Waals surface area contributed by atoms with Crippen molar-refractivity contribution in [2.24, 2.45) is 4.99 Å². The molecule has 4 rings (SSSR count). The zero-order chi connectivity index (χ0) is 20.8. The number of carbonyl (C=O) groups excluding carboxylic acids is 1. The Morgan fingerprint density at radius 3 is 2.55 bits per heavy atom. The fourth-order valence-electron chi connectivity index (χ4n) is 4.04. The smallest absolute Gasteiger partial charge is 0.329 e. The van der Waals surface area contributed by atoms with Gasteiger partial charge in [-0.1, -0.05) is 18.2 Å². The fraction of sp³-hybridized carbons (Fsp3) is 0.429. The van der Waals surface area contributed by atoms with Crippen molar-refractivity contribution in [2.75, 3.05) is 0 Å². The Bertz CT molecular complexity index is 964. The van der Waals surface area contributed by atoms with Crippen LogP contribution in [-0.4, -0.2) is 22.0 Å². The molecule has 2 aliphatic rings. The van der Waals surface area contributed by atoms with E-state index in [-0.39, 0.29) is 37.5 Å². The molecule has 3 nitrogen and oxygen atoms in total. The summed E-state index contributed by atoms with van der Waals surface area (Å²) in [7, 11) is 0. The van der Waals surface area contributed by atoms with Gasteiger partial charge in [0.25, 0.3) is 0 Å². The van der Waals surface area contributed by atoms with Gasteiger partial charge in [0.1, 0.15) is 5.82 Å². The number of aliphatic imine (C=N–C) groups is 1. The van der Waals surface area contributed by atoms with E-state index in [1.807, 2.05) is 0 Å². The van der Waals surface area contributed by atoms with Crippen molar-refractivity contribution in [2.45, 2.75) is 56.7 Å². The number of ketones is 1. The number of hydrogen-bond acceptors (Lipinski definition) is 2. The minimum Gasteiger partial charge on any atom is -0.329 e. The lowest BCUT2D eigenvalue weighted by atomic mass is 9.92. The maximum Gasteiger partial charge on any atom is 0.416 e. The van der Waals surface area contributed by atoms with Gasteiger partial charge in [-0.05, 0) is 30.5 Å². The van der Waals surface area contributed by atoms with E-state index in [2.05, 4.69) is 4.99 Å². The molecule has 0 amide bonds. The number of rotatable bonds is 3. The molecule has 1 aromatic carbocycles. The van der Waals surface area contributed by atoms with Crippen molar-refractivity contribution in [3.05, 3.63) is 53.2 Å². The second kappa shape index (κ2) is 7.07. The monoisotopic (exact) mass is 410 g/mol. The van der Waals surface area contributed by atoms with Gasteiger partial charge >= 0.3 is 6.18 Å². The van der Waals surface area contributed by atoms with Gasteiger partial charge in [0.15, 0.2) is 5.78 Å². The second-order valence-electron chi connectivity index (χ2n) is 7.70. The highest BCUT2D eigenvalue weighted by Crippen LogP contribution is 2.41. The van der Waals surface area contributed by atoms with Gasteiger partial charge in [0.2, 0.25) is 5.92 Å². The Hall–Kier alpha value is -2.51. The average molecular weight is 410 g/mol. The Labute approximate surface area is 164 Å². The molecule has 0 N–H and O–H groups in total. The van der Waals surface area contributed by atoms with Crippen molar-refractivity contribution in [3.8, 4) is 0 Å². The van der Waals surface area contributed by atoms with E-state index in [0.717, 1.165) is 12.1 Å². The quantitative estimate of drug-likeness (QED) is 0.558. The minimum atomic E-state index is -4.44. The number of halogens is 5. The van der Waals surface area contributed by atoms with E-state index < -0.39 is 17.7 Å². The second-order valence-corrected chi connectivity index (χ2v) is 7.70. The summed E-state index contributed by atoms with van der Waals surface area (Å²) in [5.74, 6) is -2.38. The molecule has 29 heavy (non-hydrogen) atoms. The molecule has 2 aromatic rings. The third-order valence-electron chi connectivity index (χ3n) is 5.56. The minimum absolute atomic E-state index is 0.0377. The molecule has 0 bridgehead atoms. The number of alkyl halides is 5. The zero-order valence-corrected chi connectivity index (χ0v) is 15.5. The predicted octanol–water partition coefficient (Wildman–Crippen LogP) is 6.16. The van der Waals surface area contributed by atoms with Gasteiger partial charge in [-0.3, -0.25) is 4.79 Å². The fourth-order valence-corrected chi connectivity index (χ4v) is 4.04. The number of nitrogens with zero attached hydrogens (tertiary/aromatic N) is 2. The lowest BCUT2D eigenvalue weighted by Gasteiger charge is -2.30. The van der Waals surface area contributed by atoms with Gasteiger partial charge in [0, 0.05) is 37.2 Å². The molecule has 0 unspecified atom stereocenters. The van der Waals surface area contributed by atoms with E-state index in [4.69, 9.17) is 0 Å². The molecule has 8 heteroatoms. The topological polar surface area (TPSA) is 34.4 Å². The number of hydrogen-bond donors (Lipinski definition) is 0. The first-order chi connectivity index (χ1) is 13.6. The standard InChI is InChI=1S/C21H19F5N2O/c22-20(23)7-4-16(5-8-20)28-9-6-17-18(29)12-15(27-19(17)28)11-13-2-1-3-14(10-13)21(24,25)26/h1-3,6,9-10,16H,4-5,7-8,11-12H2. The zero-order valence-electron chi connectivity index (χ0n) is 15.5. The number of aromatic nitrogens is 1. The Kier molecular flexibility index (Phi) is 4.83. The highest BCUT2D eigenvalue weighted by molar-refractivity contribution is 6.15. The SMILES string of the molecule is O=C1CC(Cc2cccc(C(F)(F)F)c2)=Nc2c1ccn2C1CCC(F)(F)CC1. The lowest BCUT2D eigenvalue weighted by Crippen LogP contribution is -2.26. The molecule has 154 valence electrons. The first-order valence-corrected chi connectivity index (χ1v) is 9.47. The number of benzene rings is 1. The molecule has 0 atom stereocenters. The maximum absolute atomic E-state index is 13.5.